The molecule has 3 heterocycles. The highest BCUT2D eigenvalue weighted by Crippen LogP contribution is 2.29. The van der Waals surface area contributed by atoms with Gasteiger partial charge in [-0.3, -0.25) is 19.2 Å². The molecule has 5 rings (SSSR count). The van der Waals surface area contributed by atoms with Gasteiger partial charge in [0.15, 0.2) is 0 Å². The van der Waals surface area contributed by atoms with Crippen LogP contribution in [0.5, 0.6) is 0 Å². The topological polar surface area (TPSA) is 127 Å². The molecule has 3 saturated heterocycles. The summed E-state index contributed by atoms with van der Waals surface area (Å²) in [7, 11) is 0. The summed E-state index contributed by atoms with van der Waals surface area (Å²) < 4.78 is 17.9. The van der Waals surface area contributed by atoms with Gasteiger partial charge in [-0.15, -0.1) is 0 Å². The van der Waals surface area contributed by atoms with Crippen molar-refractivity contribution in [1.82, 2.24) is 9.80 Å². The minimum atomic E-state index is -0.642. The Hall–Kier alpha value is -4.06. The summed E-state index contributed by atoms with van der Waals surface area (Å²) in [6, 6.07) is 13.8. The second kappa shape index (κ2) is 15.4. The highest BCUT2D eigenvalue weighted by molar-refractivity contribution is 5.99. The molecule has 0 unspecified atom stereocenters. The van der Waals surface area contributed by atoms with E-state index in [1.165, 1.54) is 6.92 Å². The van der Waals surface area contributed by atoms with E-state index in [1.54, 1.807) is 9.80 Å². The van der Waals surface area contributed by atoms with Gasteiger partial charge in [0.25, 0.3) is 5.91 Å². The average molecular weight is 689 g/mol. The lowest BCUT2D eigenvalue weighted by Gasteiger charge is -2.26. The Morgan fingerprint density at radius 2 is 1.16 bits per heavy atom. The molecule has 50 heavy (non-hydrogen) atoms. The predicted molar refractivity (Wildman–Crippen MR) is 193 cm³/mol. The second-order valence-electron chi connectivity index (χ2n) is 15.4. The molecule has 0 aliphatic carbocycles. The highest BCUT2D eigenvalue weighted by Gasteiger charge is 2.44. The number of carbonyl (C=O) groups is 4. The van der Waals surface area contributed by atoms with Gasteiger partial charge < -0.3 is 34.6 Å². The van der Waals surface area contributed by atoms with Gasteiger partial charge in [0.1, 0.15) is 18.2 Å². The van der Waals surface area contributed by atoms with Gasteiger partial charge in [0, 0.05) is 50.8 Å². The van der Waals surface area contributed by atoms with E-state index in [0.717, 1.165) is 17.5 Å². The smallest absolute Gasteiger partial charge is 0.252 e. The molecule has 2 aromatic carbocycles. The molecule has 3 aliphatic rings. The van der Waals surface area contributed by atoms with Crippen molar-refractivity contribution in [3.8, 4) is 0 Å². The number of nitrogens with zero attached hydrogens (tertiary/aromatic N) is 2. The molecule has 0 bridgehead atoms. The van der Waals surface area contributed by atoms with Crippen LogP contribution in [0.15, 0.2) is 48.5 Å². The van der Waals surface area contributed by atoms with Crippen LogP contribution in [0.3, 0.4) is 0 Å². The van der Waals surface area contributed by atoms with Crippen LogP contribution in [0.25, 0.3) is 12.2 Å². The average Bonchev–Trinajstić information content (AvgIpc) is 3.80. The lowest BCUT2D eigenvalue weighted by Crippen LogP contribution is -2.47. The summed E-state index contributed by atoms with van der Waals surface area (Å²) in [5.74, 6) is -0.773. The zero-order valence-corrected chi connectivity index (χ0v) is 30.4. The third-order valence-electron chi connectivity index (χ3n) is 8.89. The number of amides is 4. The van der Waals surface area contributed by atoms with Gasteiger partial charge >= 0.3 is 0 Å². The van der Waals surface area contributed by atoms with E-state index in [4.69, 9.17) is 14.2 Å². The Morgan fingerprint density at radius 3 is 1.56 bits per heavy atom. The third kappa shape index (κ3) is 10.0. The van der Waals surface area contributed by atoms with E-state index in [1.807, 2.05) is 102 Å². The Kier molecular flexibility index (Phi) is 11.5. The minimum Gasteiger partial charge on any atom is -0.371 e. The van der Waals surface area contributed by atoms with Gasteiger partial charge in [0.05, 0.1) is 23.4 Å². The maximum absolute atomic E-state index is 13.5. The van der Waals surface area contributed by atoms with Crippen molar-refractivity contribution in [2.45, 2.75) is 116 Å². The summed E-state index contributed by atoms with van der Waals surface area (Å²) in [6.07, 6.45) is 5.37. The van der Waals surface area contributed by atoms with Crippen LogP contribution >= 0.6 is 0 Å². The lowest BCUT2D eigenvalue weighted by molar-refractivity contribution is -0.145. The first-order valence-electron chi connectivity index (χ1n) is 17.6. The van der Waals surface area contributed by atoms with Crippen molar-refractivity contribution in [3.05, 3.63) is 59.7 Å². The number of benzene rings is 2. The summed E-state index contributed by atoms with van der Waals surface area (Å²) in [5, 5.41) is 5.94. The molecule has 11 nitrogen and oxygen atoms in total. The number of rotatable bonds is 9. The van der Waals surface area contributed by atoms with Crippen molar-refractivity contribution >= 4 is 47.2 Å². The molecule has 3 fully saturated rings. The van der Waals surface area contributed by atoms with E-state index in [-0.39, 0.29) is 41.4 Å². The molecular weight excluding hydrogens is 636 g/mol. The van der Waals surface area contributed by atoms with Crippen LogP contribution < -0.4 is 10.6 Å². The first-order valence-corrected chi connectivity index (χ1v) is 17.6. The number of anilines is 2. The lowest BCUT2D eigenvalue weighted by atomic mass is 10.1. The van der Waals surface area contributed by atoms with E-state index in [0.29, 0.717) is 50.3 Å². The zero-order valence-electron chi connectivity index (χ0n) is 30.4. The van der Waals surface area contributed by atoms with Gasteiger partial charge in [-0.1, -0.05) is 36.4 Å². The number of nitrogens with one attached hydrogen (secondary N) is 2. The molecule has 0 saturated carbocycles. The number of ether oxygens (including phenoxy) is 3. The Bertz CT molecular complexity index is 1550. The van der Waals surface area contributed by atoms with Crippen LogP contribution in [0.4, 0.5) is 11.4 Å². The Balaban J connectivity index is 1.15. The summed E-state index contributed by atoms with van der Waals surface area (Å²) in [6.45, 7) is 14.6. The molecule has 0 radical (unpaired) electrons. The summed E-state index contributed by atoms with van der Waals surface area (Å²) >= 11 is 0. The van der Waals surface area contributed by atoms with Crippen molar-refractivity contribution in [2.75, 3.05) is 30.3 Å². The normalized spacial score (nSPS) is 24.2. The number of hydrogen-bond acceptors (Lipinski definition) is 7. The third-order valence-corrected chi connectivity index (χ3v) is 8.89. The van der Waals surface area contributed by atoms with Crippen molar-refractivity contribution < 1.29 is 33.4 Å². The quantitative estimate of drug-likeness (QED) is 0.333. The van der Waals surface area contributed by atoms with Gasteiger partial charge in [0.2, 0.25) is 17.7 Å². The van der Waals surface area contributed by atoms with Crippen LogP contribution in [0.1, 0.15) is 85.3 Å². The van der Waals surface area contributed by atoms with Crippen molar-refractivity contribution in [3.63, 3.8) is 0 Å². The monoisotopic (exact) mass is 688 g/mol. The van der Waals surface area contributed by atoms with Gasteiger partial charge in [-0.25, -0.2) is 0 Å². The molecule has 4 amide bonds. The van der Waals surface area contributed by atoms with E-state index < -0.39 is 23.8 Å². The van der Waals surface area contributed by atoms with Crippen molar-refractivity contribution in [2.24, 2.45) is 0 Å². The molecule has 3 aliphatic heterocycles. The van der Waals surface area contributed by atoms with E-state index in [2.05, 4.69) is 10.6 Å². The fraction of sp³-hybridized carbons (Fsp3) is 0.538. The number of carbonyl (C=O) groups excluding carboxylic acids is 4. The van der Waals surface area contributed by atoms with Crippen LogP contribution in [0, 0.1) is 0 Å². The molecule has 5 atom stereocenters. The molecular formula is C39H52N4O7. The largest absolute Gasteiger partial charge is 0.371 e. The SMILES string of the molecule is CC(=O)N1C[C@H](OC(C)(C)C)C[C@H]1C(=O)Nc1ccc(/C=C/c2ccc(NC(=O)[C@@H]3C[C@@H](OC(C)(C)C)CN3C(=O)[C@H]3CCCO3)cc2)cc1. The molecule has 270 valence electrons. The fourth-order valence-corrected chi connectivity index (χ4v) is 6.81. The first kappa shape index (κ1) is 37.2. The maximum atomic E-state index is 13.5. The first-order chi connectivity index (χ1) is 23.5. The maximum Gasteiger partial charge on any atom is 0.252 e. The molecule has 0 spiro atoms. The predicted octanol–water partition coefficient (Wildman–Crippen LogP) is 5.50. The molecule has 2 N–H and O–H groups in total. The molecule has 11 heteroatoms. The Labute approximate surface area is 295 Å². The van der Waals surface area contributed by atoms with Crippen LogP contribution in [-0.2, 0) is 33.4 Å². The minimum absolute atomic E-state index is 0.146. The standard InChI is InChI=1S/C39H52N4O7/c1-25(44)42-23-30(49-38(2,3)4)21-32(42)35(45)40-28-16-12-26(13-17-28)10-11-27-14-18-29(19-15-27)41-36(46)33-22-31(50-39(5,6)7)24-43(33)37(47)34-9-8-20-48-34/h10-19,30-34H,8-9,20-24H2,1-7H3,(H,40,45)(H,41,46)/b11-10+/t30-,31-,32+,33+,34-/m1/s1. The number of likely N-dealkylation sites (tertiary alicyclic amines) is 2. The molecule has 2 aromatic rings. The van der Waals surface area contributed by atoms with Gasteiger partial charge in [-0.2, -0.15) is 0 Å². The van der Waals surface area contributed by atoms with Crippen LogP contribution in [-0.4, -0.2) is 94.7 Å². The number of hydrogen-bond donors (Lipinski definition) is 2. The highest BCUT2D eigenvalue weighted by atomic mass is 16.5. The van der Waals surface area contributed by atoms with E-state index in [9.17, 15) is 19.2 Å². The fourth-order valence-electron chi connectivity index (χ4n) is 6.81. The van der Waals surface area contributed by atoms with Crippen molar-refractivity contribution in [1.29, 1.82) is 0 Å². The van der Waals surface area contributed by atoms with E-state index >= 15 is 0 Å². The Morgan fingerprint density at radius 1 is 0.720 bits per heavy atom. The zero-order chi connectivity index (χ0) is 36.2. The second-order valence-corrected chi connectivity index (χ2v) is 15.4. The van der Waals surface area contributed by atoms with Crippen LogP contribution in [0.2, 0.25) is 0 Å². The summed E-state index contributed by atoms with van der Waals surface area (Å²) in [5.41, 5.74) is 2.40. The van der Waals surface area contributed by atoms with Gasteiger partial charge in [-0.05, 0) is 89.8 Å². The molecule has 0 aromatic heterocycles. The summed E-state index contributed by atoms with van der Waals surface area (Å²) in [4.78, 5) is 55.3.